The van der Waals surface area contributed by atoms with Crippen LogP contribution in [0, 0.1) is 12.3 Å². The van der Waals surface area contributed by atoms with Crippen LogP contribution in [0.15, 0.2) is 35.1 Å². The molecule has 0 saturated heterocycles. The second-order valence-corrected chi connectivity index (χ2v) is 3.96. The number of fused-ring (bicyclic) bond motifs is 1. The Kier molecular flexibility index (Phi) is 3.16. The first-order valence-corrected chi connectivity index (χ1v) is 5.44. The van der Waals surface area contributed by atoms with Crippen LogP contribution in [0.3, 0.4) is 0 Å². The van der Waals surface area contributed by atoms with Crippen molar-refractivity contribution in [3.05, 3.63) is 46.2 Å². The van der Waals surface area contributed by atoms with Gasteiger partial charge in [0.15, 0.2) is 0 Å². The van der Waals surface area contributed by atoms with Crippen LogP contribution in [-0.2, 0) is 0 Å². The molecule has 0 atom stereocenters. The molecule has 18 heavy (non-hydrogen) atoms. The van der Waals surface area contributed by atoms with Crippen molar-refractivity contribution in [2.45, 2.75) is 0 Å². The van der Waals surface area contributed by atoms with Gasteiger partial charge in [0, 0.05) is 12.6 Å². The monoisotopic (exact) mass is 240 g/mol. The largest absolute Gasteiger partial charge is 0.330 e. The normalized spacial score (nSPS) is 10.0. The molecule has 0 saturated carbocycles. The van der Waals surface area contributed by atoms with E-state index in [4.69, 9.17) is 6.42 Å². The zero-order valence-corrected chi connectivity index (χ0v) is 9.93. The third-order valence-corrected chi connectivity index (χ3v) is 2.66. The predicted octanol–water partition coefficient (Wildman–Crippen LogP) is 1.23. The zero-order chi connectivity index (χ0) is 13.1. The Morgan fingerprint density at radius 1 is 1.44 bits per heavy atom. The first kappa shape index (κ1) is 11.9. The molecular formula is C14H12N2O2. The van der Waals surface area contributed by atoms with E-state index in [1.54, 1.807) is 19.2 Å². The summed E-state index contributed by atoms with van der Waals surface area (Å²) < 4.78 is 0. The van der Waals surface area contributed by atoms with E-state index in [1.165, 1.54) is 4.90 Å². The van der Waals surface area contributed by atoms with E-state index >= 15 is 0 Å². The topological polar surface area (TPSA) is 53.2 Å². The van der Waals surface area contributed by atoms with E-state index in [-0.39, 0.29) is 18.0 Å². The molecule has 0 radical (unpaired) electrons. The molecule has 2 rings (SSSR count). The Morgan fingerprint density at radius 2 is 2.17 bits per heavy atom. The molecule has 0 aliphatic heterocycles. The standard InChI is InChI=1S/C14H12N2O2/c1-3-8-16(2)14(18)11-9-10-6-4-5-7-12(10)15-13(11)17/h1,4-7,9H,8H2,2H3,(H,15,17). The van der Waals surface area contributed by atoms with Gasteiger partial charge in [0.05, 0.1) is 6.54 Å². The van der Waals surface area contributed by atoms with Crippen LogP contribution in [0.5, 0.6) is 0 Å². The summed E-state index contributed by atoms with van der Waals surface area (Å²) in [6.45, 7) is 0.172. The average Bonchev–Trinajstić information content (AvgIpc) is 2.37. The van der Waals surface area contributed by atoms with Crippen molar-refractivity contribution in [2.24, 2.45) is 0 Å². The van der Waals surface area contributed by atoms with Gasteiger partial charge in [-0.15, -0.1) is 6.42 Å². The van der Waals surface area contributed by atoms with Crippen molar-refractivity contribution < 1.29 is 4.79 Å². The van der Waals surface area contributed by atoms with E-state index < -0.39 is 5.56 Å². The number of nitrogens with zero attached hydrogens (tertiary/aromatic N) is 1. The van der Waals surface area contributed by atoms with Gasteiger partial charge in [-0.2, -0.15) is 0 Å². The quantitative estimate of drug-likeness (QED) is 0.803. The van der Waals surface area contributed by atoms with E-state index in [1.807, 2.05) is 18.2 Å². The first-order valence-electron chi connectivity index (χ1n) is 5.44. The number of carbonyl (C=O) groups is 1. The van der Waals surface area contributed by atoms with Crippen LogP contribution in [0.1, 0.15) is 10.4 Å². The second-order valence-electron chi connectivity index (χ2n) is 3.96. The maximum Gasteiger partial charge on any atom is 0.261 e. The van der Waals surface area contributed by atoms with Gasteiger partial charge in [0.25, 0.3) is 11.5 Å². The lowest BCUT2D eigenvalue weighted by atomic mass is 10.1. The highest BCUT2D eigenvalue weighted by Crippen LogP contribution is 2.10. The number of benzene rings is 1. The molecule has 0 spiro atoms. The summed E-state index contributed by atoms with van der Waals surface area (Å²) in [5, 5.41) is 0.814. The van der Waals surface area contributed by atoms with Gasteiger partial charge in [0.1, 0.15) is 5.56 Å². The SMILES string of the molecule is C#CCN(C)C(=O)c1cc2ccccc2[nH]c1=O. The first-order chi connectivity index (χ1) is 8.63. The van der Waals surface area contributed by atoms with Crippen LogP contribution < -0.4 is 5.56 Å². The average molecular weight is 240 g/mol. The molecule has 0 fully saturated rings. The molecule has 1 aromatic carbocycles. The number of terminal acetylenes is 1. The lowest BCUT2D eigenvalue weighted by Gasteiger charge is -2.13. The summed E-state index contributed by atoms with van der Waals surface area (Å²) in [6, 6.07) is 8.88. The van der Waals surface area contributed by atoms with E-state index in [0.29, 0.717) is 5.52 Å². The summed E-state index contributed by atoms with van der Waals surface area (Å²) in [5.41, 5.74) is 0.410. The molecule has 4 nitrogen and oxygen atoms in total. The van der Waals surface area contributed by atoms with Crippen molar-refractivity contribution >= 4 is 16.8 Å². The summed E-state index contributed by atoms with van der Waals surface area (Å²) >= 11 is 0. The number of hydrogen-bond donors (Lipinski definition) is 1. The van der Waals surface area contributed by atoms with Crippen LogP contribution >= 0.6 is 0 Å². The van der Waals surface area contributed by atoms with Crippen LogP contribution in [-0.4, -0.2) is 29.4 Å². The van der Waals surface area contributed by atoms with E-state index in [9.17, 15) is 9.59 Å². The van der Waals surface area contributed by atoms with Gasteiger partial charge in [0.2, 0.25) is 0 Å². The number of H-pyrrole nitrogens is 1. The molecule has 1 N–H and O–H groups in total. The lowest BCUT2D eigenvalue weighted by molar-refractivity contribution is 0.0811. The number of para-hydroxylation sites is 1. The number of amides is 1. The number of carbonyl (C=O) groups excluding carboxylic acids is 1. The van der Waals surface area contributed by atoms with Crippen LogP contribution in [0.25, 0.3) is 10.9 Å². The third-order valence-electron chi connectivity index (χ3n) is 2.66. The van der Waals surface area contributed by atoms with Gasteiger partial charge in [-0.3, -0.25) is 9.59 Å². The van der Waals surface area contributed by atoms with Gasteiger partial charge >= 0.3 is 0 Å². The zero-order valence-electron chi connectivity index (χ0n) is 9.93. The van der Waals surface area contributed by atoms with E-state index in [0.717, 1.165) is 5.39 Å². The van der Waals surface area contributed by atoms with Gasteiger partial charge in [-0.25, -0.2) is 0 Å². The molecule has 0 bridgehead atoms. The summed E-state index contributed by atoms with van der Waals surface area (Å²) in [5.74, 6) is 1.99. The summed E-state index contributed by atoms with van der Waals surface area (Å²) in [6.07, 6.45) is 5.14. The van der Waals surface area contributed by atoms with Crippen molar-refractivity contribution in [3.8, 4) is 12.3 Å². The van der Waals surface area contributed by atoms with Crippen LogP contribution in [0.2, 0.25) is 0 Å². The molecule has 90 valence electrons. The number of hydrogen-bond acceptors (Lipinski definition) is 2. The van der Waals surface area contributed by atoms with Crippen LogP contribution in [0.4, 0.5) is 0 Å². The van der Waals surface area contributed by atoms with Crippen molar-refractivity contribution in [1.82, 2.24) is 9.88 Å². The molecule has 0 aliphatic carbocycles. The molecular weight excluding hydrogens is 228 g/mol. The Hall–Kier alpha value is -2.54. The number of nitrogens with one attached hydrogen (secondary N) is 1. The highest BCUT2D eigenvalue weighted by molar-refractivity contribution is 5.97. The third kappa shape index (κ3) is 2.11. The van der Waals surface area contributed by atoms with Gasteiger partial charge in [-0.05, 0) is 17.5 Å². The minimum atomic E-state index is -0.400. The minimum Gasteiger partial charge on any atom is -0.330 e. The second kappa shape index (κ2) is 4.76. The fraction of sp³-hybridized carbons (Fsp3) is 0.143. The summed E-state index contributed by atoms with van der Waals surface area (Å²) in [7, 11) is 1.57. The highest BCUT2D eigenvalue weighted by atomic mass is 16.2. The van der Waals surface area contributed by atoms with Crippen molar-refractivity contribution in [3.63, 3.8) is 0 Å². The minimum absolute atomic E-state index is 0.103. The predicted molar refractivity (Wildman–Crippen MR) is 70.4 cm³/mol. The molecule has 4 heteroatoms. The number of rotatable bonds is 2. The molecule has 1 amide bonds. The number of aromatic nitrogens is 1. The fourth-order valence-electron chi connectivity index (χ4n) is 1.72. The number of aromatic amines is 1. The summed E-state index contributed by atoms with van der Waals surface area (Å²) in [4.78, 5) is 27.9. The molecule has 2 aromatic rings. The fourth-order valence-corrected chi connectivity index (χ4v) is 1.72. The maximum absolute atomic E-state index is 12.0. The lowest BCUT2D eigenvalue weighted by Crippen LogP contribution is -2.31. The number of pyridine rings is 1. The van der Waals surface area contributed by atoms with Gasteiger partial charge < -0.3 is 9.88 Å². The Balaban J connectivity index is 2.52. The molecule has 1 aromatic heterocycles. The Labute approximate surface area is 104 Å². The van der Waals surface area contributed by atoms with Gasteiger partial charge in [-0.1, -0.05) is 24.1 Å². The van der Waals surface area contributed by atoms with Crippen molar-refractivity contribution in [1.29, 1.82) is 0 Å². The Morgan fingerprint density at radius 3 is 2.89 bits per heavy atom. The molecule has 0 aliphatic rings. The van der Waals surface area contributed by atoms with E-state index in [2.05, 4.69) is 10.9 Å². The smallest absolute Gasteiger partial charge is 0.261 e. The molecule has 0 unspecified atom stereocenters. The maximum atomic E-state index is 12.0. The Bertz CT molecular complexity index is 695. The van der Waals surface area contributed by atoms with Crippen molar-refractivity contribution in [2.75, 3.05) is 13.6 Å². The highest BCUT2D eigenvalue weighted by Gasteiger charge is 2.15. The molecule has 1 heterocycles.